The summed E-state index contributed by atoms with van der Waals surface area (Å²) >= 11 is 0. The molecule has 3 rings (SSSR count). The molecule has 0 aromatic carbocycles. The largest absolute Gasteiger partial charge is 0.416 e. The molecule has 124 valence electrons. The molecule has 3 aromatic rings. The Balaban J connectivity index is 1.98. The van der Waals surface area contributed by atoms with Crippen molar-refractivity contribution in [2.75, 3.05) is 0 Å². The lowest BCUT2D eigenvalue weighted by atomic mass is 9.88. The smallest absolute Gasteiger partial charge is 0.338 e. The Bertz CT molecular complexity index is 844. The van der Waals surface area contributed by atoms with E-state index >= 15 is 0 Å². The lowest BCUT2D eigenvalue weighted by Gasteiger charge is -2.20. The Labute approximate surface area is 135 Å². The molecule has 0 aliphatic rings. The first-order chi connectivity index (χ1) is 11.3. The molecule has 3 heterocycles. The van der Waals surface area contributed by atoms with Crippen LogP contribution in [-0.4, -0.2) is 20.1 Å². The zero-order valence-corrected chi connectivity index (χ0v) is 12.9. The van der Waals surface area contributed by atoms with Crippen molar-refractivity contribution >= 4 is 0 Å². The van der Waals surface area contributed by atoms with Crippen LogP contribution < -0.4 is 0 Å². The van der Waals surface area contributed by atoms with Crippen molar-refractivity contribution in [3.8, 4) is 11.4 Å². The first kappa shape index (κ1) is 16.1. The third kappa shape index (κ3) is 2.99. The molecule has 8 heteroatoms. The minimum absolute atomic E-state index is 0.182. The zero-order chi connectivity index (χ0) is 17.4. The van der Waals surface area contributed by atoms with E-state index in [0.717, 1.165) is 18.3 Å². The summed E-state index contributed by atoms with van der Waals surface area (Å²) < 4.78 is 44.0. The van der Waals surface area contributed by atoms with Crippen LogP contribution in [0.25, 0.3) is 11.4 Å². The molecular weight excluding hydrogens is 321 g/mol. The minimum Gasteiger partial charge on any atom is -0.338 e. The molecule has 0 bridgehead atoms. The van der Waals surface area contributed by atoms with Gasteiger partial charge >= 0.3 is 6.18 Å². The number of hydrogen-bond donors (Lipinski definition) is 0. The van der Waals surface area contributed by atoms with Crippen LogP contribution in [0.1, 0.15) is 31.0 Å². The Morgan fingerprint density at radius 1 is 1.00 bits per heavy atom. The number of hydrogen-bond acceptors (Lipinski definition) is 5. The summed E-state index contributed by atoms with van der Waals surface area (Å²) in [6.45, 7) is 3.36. The second kappa shape index (κ2) is 5.70. The van der Waals surface area contributed by atoms with Gasteiger partial charge in [-0.3, -0.25) is 9.97 Å². The van der Waals surface area contributed by atoms with Crippen LogP contribution in [0.15, 0.2) is 47.4 Å². The van der Waals surface area contributed by atoms with Gasteiger partial charge in [0.25, 0.3) is 0 Å². The van der Waals surface area contributed by atoms with Crippen molar-refractivity contribution in [3.63, 3.8) is 0 Å². The van der Waals surface area contributed by atoms with Gasteiger partial charge < -0.3 is 4.52 Å². The van der Waals surface area contributed by atoms with Crippen LogP contribution in [0.3, 0.4) is 0 Å². The van der Waals surface area contributed by atoms with Gasteiger partial charge in [0.2, 0.25) is 11.7 Å². The van der Waals surface area contributed by atoms with E-state index < -0.39 is 17.2 Å². The van der Waals surface area contributed by atoms with E-state index in [9.17, 15) is 13.2 Å². The summed E-state index contributed by atoms with van der Waals surface area (Å²) in [7, 11) is 0. The van der Waals surface area contributed by atoms with Crippen molar-refractivity contribution in [1.29, 1.82) is 0 Å². The maximum absolute atomic E-state index is 12.9. The molecular formula is C16H13F3N4O. The van der Waals surface area contributed by atoms with Gasteiger partial charge in [-0.25, -0.2) is 0 Å². The van der Waals surface area contributed by atoms with Crippen molar-refractivity contribution in [3.05, 3.63) is 60.0 Å². The number of rotatable bonds is 3. The summed E-state index contributed by atoms with van der Waals surface area (Å²) in [4.78, 5) is 12.2. The maximum atomic E-state index is 12.9. The molecule has 5 nitrogen and oxygen atoms in total. The average molecular weight is 334 g/mol. The van der Waals surface area contributed by atoms with E-state index in [-0.39, 0.29) is 11.6 Å². The Morgan fingerprint density at radius 2 is 1.71 bits per heavy atom. The number of halogens is 3. The van der Waals surface area contributed by atoms with Gasteiger partial charge in [0.1, 0.15) is 0 Å². The SMILES string of the molecule is CC(C)(c1cc(C(F)(F)F)ccn1)c1nc(-c2ccncc2)no1. The predicted molar refractivity (Wildman–Crippen MR) is 78.9 cm³/mol. The van der Waals surface area contributed by atoms with E-state index in [0.29, 0.717) is 11.4 Å². The number of aromatic nitrogens is 4. The molecule has 0 aliphatic carbocycles. The summed E-state index contributed by atoms with van der Waals surface area (Å²) in [6.07, 6.45) is -0.138. The normalized spacial score (nSPS) is 12.4. The molecule has 0 aliphatic heterocycles. The van der Waals surface area contributed by atoms with Crippen molar-refractivity contribution in [2.45, 2.75) is 25.4 Å². The van der Waals surface area contributed by atoms with Crippen LogP contribution in [0.4, 0.5) is 13.2 Å². The fraction of sp³-hybridized carbons (Fsp3) is 0.250. The highest BCUT2D eigenvalue weighted by molar-refractivity contribution is 5.53. The average Bonchev–Trinajstić information content (AvgIpc) is 3.06. The molecule has 3 aromatic heterocycles. The quantitative estimate of drug-likeness (QED) is 0.727. The second-order valence-electron chi connectivity index (χ2n) is 5.71. The molecule has 0 radical (unpaired) electrons. The minimum atomic E-state index is -4.44. The Morgan fingerprint density at radius 3 is 2.38 bits per heavy atom. The predicted octanol–water partition coefficient (Wildman–Crippen LogP) is 3.87. The Hall–Kier alpha value is -2.77. The third-order valence-corrected chi connectivity index (χ3v) is 3.63. The highest BCUT2D eigenvalue weighted by Gasteiger charge is 2.36. The molecule has 0 saturated carbocycles. The lowest BCUT2D eigenvalue weighted by Crippen LogP contribution is -2.22. The number of alkyl halides is 3. The van der Waals surface area contributed by atoms with E-state index in [1.807, 2.05) is 0 Å². The van der Waals surface area contributed by atoms with Gasteiger partial charge in [-0.1, -0.05) is 5.16 Å². The second-order valence-corrected chi connectivity index (χ2v) is 5.71. The molecule has 0 atom stereocenters. The van der Waals surface area contributed by atoms with Crippen LogP contribution in [0, 0.1) is 0 Å². The van der Waals surface area contributed by atoms with Gasteiger partial charge in [-0.15, -0.1) is 0 Å². The van der Waals surface area contributed by atoms with Gasteiger partial charge in [0.15, 0.2) is 0 Å². The van der Waals surface area contributed by atoms with Gasteiger partial charge in [-0.05, 0) is 38.1 Å². The fourth-order valence-electron chi connectivity index (χ4n) is 2.15. The molecule has 0 saturated heterocycles. The topological polar surface area (TPSA) is 64.7 Å². The van der Waals surface area contributed by atoms with Gasteiger partial charge in [-0.2, -0.15) is 18.2 Å². The van der Waals surface area contributed by atoms with Crippen LogP contribution in [-0.2, 0) is 11.6 Å². The van der Waals surface area contributed by atoms with E-state index in [2.05, 4.69) is 20.1 Å². The van der Waals surface area contributed by atoms with Crippen LogP contribution in [0.5, 0.6) is 0 Å². The highest BCUT2D eigenvalue weighted by atomic mass is 19.4. The highest BCUT2D eigenvalue weighted by Crippen LogP contribution is 2.34. The molecule has 0 unspecified atom stereocenters. The van der Waals surface area contributed by atoms with Crippen LogP contribution >= 0.6 is 0 Å². The first-order valence-electron chi connectivity index (χ1n) is 7.07. The number of nitrogens with zero attached hydrogens (tertiary/aromatic N) is 4. The number of pyridine rings is 2. The molecule has 0 fully saturated rings. The van der Waals surface area contributed by atoms with Crippen molar-refractivity contribution in [2.24, 2.45) is 0 Å². The van der Waals surface area contributed by atoms with E-state index in [1.165, 1.54) is 0 Å². The lowest BCUT2D eigenvalue weighted by molar-refractivity contribution is -0.137. The standard InChI is InChI=1S/C16H13F3N4O/c1-15(2,12-9-11(5-8-21-12)16(17,18)19)14-22-13(23-24-14)10-3-6-20-7-4-10/h3-9H,1-2H3. The summed E-state index contributed by atoms with van der Waals surface area (Å²) in [5, 5.41) is 3.89. The first-order valence-corrected chi connectivity index (χ1v) is 7.07. The van der Waals surface area contributed by atoms with Crippen molar-refractivity contribution in [1.82, 2.24) is 20.1 Å². The monoisotopic (exact) mass is 334 g/mol. The van der Waals surface area contributed by atoms with Gasteiger partial charge in [0, 0.05) is 24.2 Å². The summed E-state index contributed by atoms with van der Waals surface area (Å²) in [6, 6.07) is 5.35. The maximum Gasteiger partial charge on any atom is 0.416 e. The molecule has 0 N–H and O–H groups in total. The van der Waals surface area contributed by atoms with E-state index in [1.54, 1.807) is 38.4 Å². The Kier molecular flexibility index (Phi) is 3.82. The third-order valence-electron chi connectivity index (χ3n) is 3.63. The molecule has 0 spiro atoms. The summed E-state index contributed by atoms with van der Waals surface area (Å²) in [5.41, 5.74) is -0.844. The molecule has 24 heavy (non-hydrogen) atoms. The molecule has 0 amide bonds. The van der Waals surface area contributed by atoms with Crippen molar-refractivity contribution < 1.29 is 17.7 Å². The van der Waals surface area contributed by atoms with E-state index in [4.69, 9.17) is 4.52 Å². The fourth-order valence-corrected chi connectivity index (χ4v) is 2.15. The van der Waals surface area contributed by atoms with Crippen LogP contribution in [0.2, 0.25) is 0 Å². The summed E-state index contributed by atoms with van der Waals surface area (Å²) in [5.74, 6) is 0.522. The van der Waals surface area contributed by atoms with Gasteiger partial charge in [0.05, 0.1) is 16.7 Å². The zero-order valence-electron chi connectivity index (χ0n) is 12.9.